The molecule has 0 bridgehead atoms. The van der Waals surface area contributed by atoms with Crippen molar-refractivity contribution >= 4 is 46.7 Å². The molecule has 0 aliphatic heterocycles. The minimum absolute atomic E-state index is 0.0333. The molecule has 0 aromatic heterocycles. The minimum atomic E-state index is -2.06. The molecule has 0 spiro atoms. The van der Waals surface area contributed by atoms with E-state index in [2.05, 4.69) is 5.32 Å². The molecule has 0 heterocycles. The molecule has 0 aliphatic rings. The van der Waals surface area contributed by atoms with Gasteiger partial charge in [0.05, 0.1) is 5.56 Å². The van der Waals surface area contributed by atoms with Crippen molar-refractivity contribution in [1.82, 2.24) is 5.32 Å². The maximum Gasteiger partial charge on any atom is 0.308 e. The second kappa shape index (κ2) is 6.43. The van der Waals surface area contributed by atoms with E-state index in [0.29, 0.717) is 0 Å². The lowest BCUT2D eigenvalue weighted by molar-refractivity contribution is -0.131. The first-order valence-electron chi connectivity index (χ1n) is 5.05. The van der Waals surface area contributed by atoms with Crippen molar-refractivity contribution in [3.63, 3.8) is 0 Å². The minimum Gasteiger partial charge on any atom is -0.426 e. The SMILES string of the molecule is CC(=O)Oc1ccccc1C(=O)NC(O)C(Cl)(Cl)Cl. The number of amides is 1. The second-order valence-electron chi connectivity index (χ2n) is 3.51. The summed E-state index contributed by atoms with van der Waals surface area (Å²) in [5, 5.41) is 11.5. The van der Waals surface area contributed by atoms with Gasteiger partial charge < -0.3 is 15.2 Å². The molecular formula is C11H10Cl3NO4. The molecule has 0 aliphatic carbocycles. The van der Waals surface area contributed by atoms with Crippen molar-refractivity contribution in [3.05, 3.63) is 29.8 Å². The summed E-state index contributed by atoms with van der Waals surface area (Å²) in [6.07, 6.45) is -1.70. The van der Waals surface area contributed by atoms with Gasteiger partial charge >= 0.3 is 5.97 Å². The average Bonchev–Trinajstić information content (AvgIpc) is 2.27. The summed E-state index contributed by atoms with van der Waals surface area (Å²) in [6, 6.07) is 5.97. The van der Waals surface area contributed by atoms with Crippen LogP contribution in [0.2, 0.25) is 0 Å². The number of hydrogen-bond acceptors (Lipinski definition) is 4. The molecule has 1 unspecified atom stereocenters. The number of carbonyl (C=O) groups excluding carboxylic acids is 2. The van der Waals surface area contributed by atoms with Gasteiger partial charge in [-0.05, 0) is 12.1 Å². The van der Waals surface area contributed by atoms with Crippen molar-refractivity contribution in [2.75, 3.05) is 0 Å². The summed E-state index contributed by atoms with van der Waals surface area (Å²) in [7, 11) is 0. The summed E-state index contributed by atoms with van der Waals surface area (Å²) in [5.41, 5.74) is 0.0333. The van der Waals surface area contributed by atoms with E-state index in [0.717, 1.165) is 0 Å². The molecule has 1 aromatic carbocycles. The van der Waals surface area contributed by atoms with Crippen LogP contribution in [0.5, 0.6) is 5.75 Å². The van der Waals surface area contributed by atoms with Gasteiger partial charge in [0.25, 0.3) is 5.91 Å². The van der Waals surface area contributed by atoms with Crippen LogP contribution in [0.1, 0.15) is 17.3 Å². The van der Waals surface area contributed by atoms with E-state index < -0.39 is 21.9 Å². The highest BCUT2D eigenvalue weighted by Gasteiger charge is 2.32. The first kappa shape index (κ1) is 16.0. The van der Waals surface area contributed by atoms with Crippen LogP contribution in [0, 0.1) is 0 Å². The Morgan fingerprint density at radius 1 is 1.32 bits per heavy atom. The number of carbonyl (C=O) groups is 2. The van der Waals surface area contributed by atoms with E-state index in [4.69, 9.17) is 39.5 Å². The number of alkyl halides is 3. The van der Waals surface area contributed by atoms with E-state index in [1.54, 1.807) is 12.1 Å². The number of halogens is 3. The number of nitrogens with one attached hydrogen (secondary N) is 1. The Morgan fingerprint density at radius 2 is 1.89 bits per heavy atom. The van der Waals surface area contributed by atoms with Gasteiger partial charge in [-0.3, -0.25) is 9.59 Å². The first-order chi connectivity index (χ1) is 8.71. The fourth-order valence-electron chi connectivity index (χ4n) is 1.18. The maximum absolute atomic E-state index is 11.9. The normalized spacial score (nSPS) is 12.7. The third kappa shape index (κ3) is 4.87. The van der Waals surface area contributed by atoms with Gasteiger partial charge in [0.1, 0.15) is 5.75 Å². The lowest BCUT2D eigenvalue weighted by Gasteiger charge is -2.20. The van der Waals surface area contributed by atoms with Gasteiger partial charge in [-0.1, -0.05) is 46.9 Å². The number of ether oxygens (including phenoxy) is 1. The van der Waals surface area contributed by atoms with Gasteiger partial charge in [0.2, 0.25) is 3.79 Å². The molecule has 1 rings (SSSR count). The van der Waals surface area contributed by atoms with Crippen LogP contribution < -0.4 is 10.1 Å². The van der Waals surface area contributed by atoms with E-state index in [1.807, 2.05) is 0 Å². The summed E-state index contributed by atoms with van der Waals surface area (Å²) in [5.74, 6) is -1.28. The molecule has 0 saturated heterocycles. The van der Waals surface area contributed by atoms with E-state index in [-0.39, 0.29) is 11.3 Å². The first-order valence-corrected chi connectivity index (χ1v) is 6.18. The largest absolute Gasteiger partial charge is 0.426 e. The molecule has 1 atom stereocenters. The summed E-state index contributed by atoms with van der Waals surface area (Å²) >= 11 is 16.3. The predicted molar refractivity (Wildman–Crippen MR) is 71.5 cm³/mol. The molecule has 2 N–H and O–H groups in total. The number of aliphatic hydroxyl groups is 1. The molecule has 19 heavy (non-hydrogen) atoms. The molecule has 8 heteroatoms. The number of benzene rings is 1. The quantitative estimate of drug-likeness (QED) is 0.386. The number of hydrogen-bond donors (Lipinski definition) is 2. The third-order valence-corrected chi connectivity index (χ3v) is 2.58. The Kier molecular flexibility index (Phi) is 5.43. The number of para-hydroxylation sites is 1. The van der Waals surface area contributed by atoms with Crippen LogP contribution in [-0.4, -0.2) is 27.0 Å². The Morgan fingerprint density at radius 3 is 2.42 bits per heavy atom. The van der Waals surface area contributed by atoms with Gasteiger partial charge in [-0.25, -0.2) is 0 Å². The standard InChI is InChI=1S/C11H10Cl3NO4/c1-6(16)19-8-5-3-2-4-7(8)9(17)15-10(18)11(12,13)14/h2-5,10,18H,1H3,(H,15,17). The van der Waals surface area contributed by atoms with Gasteiger partial charge in [0, 0.05) is 6.92 Å². The maximum atomic E-state index is 11.9. The number of esters is 1. The highest BCUT2D eigenvalue weighted by Crippen LogP contribution is 2.29. The topological polar surface area (TPSA) is 75.6 Å². The summed E-state index contributed by atoms with van der Waals surface area (Å²) < 4.78 is 2.79. The molecule has 5 nitrogen and oxygen atoms in total. The predicted octanol–water partition coefficient (Wildman–Crippen LogP) is 2.03. The van der Waals surface area contributed by atoms with E-state index in [9.17, 15) is 14.7 Å². The second-order valence-corrected chi connectivity index (χ2v) is 5.88. The van der Waals surface area contributed by atoms with Crippen LogP contribution in [0.15, 0.2) is 24.3 Å². The number of rotatable bonds is 3. The third-order valence-electron chi connectivity index (χ3n) is 1.96. The zero-order valence-electron chi connectivity index (χ0n) is 9.69. The average molecular weight is 327 g/mol. The fraction of sp³-hybridized carbons (Fsp3) is 0.273. The van der Waals surface area contributed by atoms with Crippen LogP contribution >= 0.6 is 34.8 Å². The monoisotopic (exact) mass is 325 g/mol. The Bertz CT molecular complexity index is 487. The van der Waals surface area contributed by atoms with Gasteiger partial charge in [-0.2, -0.15) is 0 Å². The van der Waals surface area contributed by atoms with Crippen molar-refractivity contribution < 1.29 is 19.4 Å². The fourth-order valence-corrected chi connectivity index (χ4v) is 1.35. The highest BCUT2D eigenvalue weighted by molar-refractivity contribution is 6.68. The van der Waals surface area contributed by atoms with Crippen molar-refractivity contribution in [3.8, 4) is 5.75 Å². The summed E-state index contributed by atoms with van der Waals surface area (Å²) in [4.78, 5) is 22.8. The molecule has 1 aromatic rings. The molecule has 0 radical (unpaired) electrons. The highest BCUT2D eigenvalue weighted by atomic mass is 35.6. The van der Waals surface area contributed by atoms with Crippen molar-refractivity contribution in [1.29, 1.82) is 0 Å². The lowest BCUT2D eigenvalue weighted by atomic mass is 10.2. The molecular weight excluding hydrogens is 316 g/mol. The summed E-state index contributed by atoms with van der Waals surface area (Å²) in [6.45, 7) is 1.20. The van der Waals surface area contributed by atoms with Crippen molar-refractivity contribution in [2.24, 2.45) is 0 Å². The zero-order valence-corrected chi connectivity index (χ0v) is 12.0. The Hall–Kier alpha value is -1.01. The van der Waals surface area contributed by atoms with Crippen LogP contribution in [0.3, 0.4) is 0 Å². The van der Waals surface area contributed by atoms with Crippen LogP contribution in [-0.2, 0) is 4.79 Å². The zero-order chi connectivity index (χ0) is 14.6. The van der Waals surface area contributed by atoms with Gasteiger partial charge in [0.15, 0.2) is 6.23 Å². The van der Waals surface area contributed by atoms with Crippen molar-refractivity contribution in [2.45, 2.75) is 16.9 Å². The molecule has 1 amide bonds. The van der Waals surface area contributed by atoms with E-state index >= 15 is 0 Å². The number of aliphatic hydroxyl groups excluding tert-OH is 1. The smallest absolute Gasteiger partial charge is 0.308 e. The Labute approximate surface area is 124 Å². The molecule has 104 valence electrons. The van der Waals surface area contributed by atoms with Crippen LogP contribution in [0.25, 0.3) is 0 Å². The van der Waals surface area contributed by atoms with Gasteiger partial charge in [-0.15, -0.1) is 0 Å². The molecule has 0 fully saturated rings. The molecule has 0 saturated carbocycles. The van der Waals surface area contributed by atoms with Crippen LogP contribution in [0.4, 0.5) is 0 Å². The lowest BCUT2D eigenvalue weighted by Crippen LogP contribution is -2.43. The van der Waals surface area contributed by atoms with E-state index in [1.165, 1.54) is 19.1 Å². The Balaban J connectivity index is 2.91.